The van der Waals surface area contributed by atoms with Crippen molar-refractivity contribution in [1.82, 2.24) is 0 Å². The lowest BCUT2D eigenvalue weighted by Gasteiger charge is -2.22. The average Bonchev–Trinajstić information content (AvgIpc) is 2.59. The number of esters is 1. The Morgan fingerprint density at radius 1 is 1.31 bits per heavy atom. The van der Waals surface area contributed by atoms with Crippen LogP contribution in [0.15, 0.2) is 0 Å². The molecule has 2 fully saturated rings. The highest BCUT2D eigenvalue weighted by atomic mass is 16.8. The van der Waals surface area contributed by atoms with Crippen molar-refractivity contribution in [1.29, 1.82) is 0 Å². The fourth-order valence-corrected chi connectivity index (χ4v) is 2.23. The molecule has 0 saturated carbocycles. The summed E-state index contributed by atoms with van der Waals surface area (Å²) in [7, 11) is 0. The van der Waals surface area contributed by atoms with E-state index in [4.69, 9.17) is 18.9 Å². The zero-order valence-electron chi connectivity index (χ0n) is 10.1. The van der Waals surface area contributed by atoms with Crippen LogP contribution >= 0.6 is 0 Å². The molecule has 0 bridgehead atoms. The Balaban J connectivity index is 1.99. The topological polar surface area (TPSA) is 54.0 Å². The molecule has 2 aliphatic heterocycles. The van der Waals surface area contributed by atoms with E-state index in [2.05, 4.69) is 0 Å². The minimum atomic E-state index is -0.582. The largest absolute Gasteiger partial charge is 0.463 e. The highest BCUT2D eigenvalue weighted by Crippen LogP contribution is 2.38. The molecule has 5 heteroatoms. The molecule has 0 amide bonds. The number of hydrogen-bond donors (Lipinski definition) is 0. The van der Waals surface area contributed by atoms with E-state index in [1.165, 1.54) is 6.92 Å². The molecule has 0 aliphatic carbocycles. The van der Waals surface area contributed by atoms with Crippen LogP contribution in [-0.2, 0) is 23.7 Å². The van der Waals surface area contributed by atoms with Gasteiger partial charge in [-0.05, 0) is 20.8 Å². The Morgan fingerprint density at radius 2 is 1.94 bits per heavy atom. The van der Waals surface area contributed by atoms with Gasteiger partial charge >= 0.3 is 5.97 Å². The Kier molecular flexibility index (Phi) is 2.94. The minimum Gasteiger partial charge on any atom is -0.463 e. The molecular weight excluding hydrogens is 212 g/mol. The fraction of sp³-hybridized carbons (Fsp3) is 0.909. The summed E-state index contributed by atoms with van der Waals surface area (Å²) in [4.78, 5) is 10.8. The lowest BCUT2D eigenvalue weighted by atomic mass is 10.1. The predicted molar refractivity (Wildman–Crippen MR) is 54.8 cm³/mol. The number of fused-ring (bicyclic) bond motifs is 1. The Hall–Kier alpha value is -0.650. The van der Waals surface area contributed by atoms with Crippen molar-refractivity contribution in [3.63, 3.8) is 0 Å². The smallest absolute Gasteiger partial charge is 0.302 e. The molecule has 16 heavy (non-hydrogen) atoms. The lowest BCUT2D eigenvalue weighted by molar-refractivity contribution is -0.190. The standard InChI is InChI=1S/C11H18O5/c1-6-9-10(16-11(3,4)15-9)8(14-6)5-13-7(2)12/h6,8-10H,5H2,1-4H3. The van der Waals surface area contributed by atoms with Gasteiger partial charge in [0, 0.05) is 6.92 Å². The summed E-state index contributed by atoms with van der Waals surface area (Å²) < 4.78 is 22.1. The van der Waals surface area contributed by atoms with E-state index in [0.29, 0.717) is 0 Å². The molecule has 0 aromatic rings. The van der Waals surface area contributed by atoms with Crippen LogP contribution in [-0.4, -0.2) is 42.8 Å². The fourth-order valence-electron chi connectivity index (χ4n) is 2.23. The third-order valence-electron chi connectivity index (χ3n) is 2.83. The van der Waals surface area contributed by atoms with Crippen molar-refractivity contribution in [3.05, 3.63) is 0 Å². The Morgan fingerprint density at radius 3 is 2.56 bits per heavy atom. The average molecular weight is 230 g/mol. The molecule has 92 valence electrons. The normalized spacial score (nSPS) is 40.8. The third kappa shape index (κ3) is 2.21. The maximum Gasteiger partial charge on any atom is 0.302 e. The van der Waals surface area contributed by atoms with Gasteiger partial charge < -0.3 is 18.9 Å². The van der Waals surface area contributed by atoms with Crippen LogP contribution in [0, 0.1) is 0 Å². The van der Waals surface area contributed by atoms with Crippen LogP contribution in [0.4, 0.5) is 0 Å². The summed E-state index contributed by atoms with van der Waals surface area (Å²) >= 11 is 0. The van der Waals surface area contributed by atoms with Gasteiger partial charge in [0.05, 0.1) is 6.10 Å². The second-order valence-corrected chi connectivity index (χ2v) is 4.75. The van der Waals surface area contributed by atoms with E-state index in [1.54, 1.807) is 0 Å². The van der Waals surface area contributed by atoms with Crippen molar-refractivity contribution in [2.45, 2.75) is 57.9 Å². The molecule has 4 unspecified atom stereocenters. The van der Waals surface area contributed by atoms with Crippen molar-refractivity contribution in [2.75, 3.05) is 6.61 Å². The van der Waals surface area contributed by atoms with Gasteiger partial charge in [-0.1, -0.05) is 0 Å². The molecule has 2 heterocycles. The van der Waals surface area contributed by atoms with E-state index < -0.39 is 5.79 Å². The van der Waals surface area contributed by atoms with E-state index in [0.717, 1.165) is 0 Å². The summed E-state index contributed by atoms with van der Waals surface area (Å²) in [6, 6.07) is 0. The molecule has 5 nitrogen and oxygen atoms in total. The summed E-state index contributed by atoms with van der Waals surface area (Å²) in [5.41, 5.74) is 0. The highest BCUT2D eigenvalue weighted by molar-refractivity contribution is 5.65. The molecule has 4 atom stereocenters. The molecule has 0 N–H and O–H groups in total. The maximum absolute atomic E-state index is 10.8. The molecular formula is C11H18O5. The van der Waals surface area contributed by atoms with Gasteiger partial charge in [0.1, 0.15) is 24.9 Å². The molecule has 0 radical (unpaired) electrons. The van der Waals surface area contributed by atoms with Crippen LogP contribution in [0.5, 0.6) is 0 Å². The van der Waals surface area contributed by atoms with Gasteiger partial charge in [0.2, 0.25) is 0 Å². The second kappa shape index (κ2) is 3.98. The molecule has 2 saturated heterocycles. The van der Waals surface area contributed by atoms with E-state index in [-0.39, 0.29) is 37.0 Å². The molecule has 2 rings (SSSR count). The summed E-state index contributed by atoms with van der Waals surface area (Å²) in [5, 5.41) is 0. The predicted octanol–water partition coefficient (Wildman–Crippen LogP) is 0.857. The van der Waals surface area contributed by atoms with Crippen LogP contribution in [0.25, 0.3) is 0 Å². The maximum atomic E-state index is 10.8. The first kappa shape index (κ1) is 11.8. The zero-order valence-corrected chi connectivity index (χ0v) is 10.1. The van der Waals surface area contributed by atoms with E-state index in [1.807, 2.05) is 20.8 Å². The number of hydrogen-bond acceptors (Lipinski definition) is 5. The van der Waals surface area contributed by atoms with Gasteiger partial charge in [0.25, 0.3) is 0 Å². The Bertz CT molecular complexity index is 288. The van der Waals surface area contributed by atoms with Gasteiger partial charge in [0.15, 0.2) is 5.79 Å². The van der Waals surface area contributed by atoms with Gasteiger partial charge in [-0.25, -0.2) is 0 Å². The molecule has 0 spiro atoms. The minimum absolute atomic E-state index is 0.0349. The first-order valence-electron chi connectivity index (χ1n) is 5.53. The second-order valence-electron chi connectivity index (χ2n) is 4.75. The van der Waals surface area contributed by atoms with Crippen LogP contribution in [0.3, 0.4) is 0 Å². The van der Waals surface area contributed by atoms with Crippen LogP contribution in [0.2, 0.25) is 0 Å². The van der Waals surface area contributed by atoms with Crippen LogP contribution < -0.4 is 0 Å². The summed E-state index contributed by atoms with van der Waals surface area (Å²) in [6.07, 6.45) is -0.488. The van der Waals surface area contributed by atoms with Crippen molar-refractivity contribution < 1.29 is 23.7 Å². The number of ether oxygens (including phenoxy) is 4. The number of carbonyl (C=O) groups excluding carboxylic acids is 1. The summed E-state index contributed by atoms with van der Waals surface area (Å²) in [5.74, 6) is -0.889. The first-order chi connectivity index (χ1) is 7.39. The van der Waals surface area contributed by atoms with Gasteiger partial charge in [-0.2, -0.15) is 0 Å². The van der Waals surface area contributed by atoms with E-state index in [9.17, 15) is 4.79 Å². The highest BCUT2D eigenvalue weighted by Gasteiger charge is 2.53. The number of rotatable bonds is 2. The monoisotopic (exact) mass is 230 g/mol. The number of carbonyl (C=O) groups is 1. The zero-order chi connectivity index (χ0) is 11.9. The molecule has 0 aromatic carbocycles. The van der Waals surface area contributed by atoms with Crippen LogP contribution in [0.1, 0.15) is 27.7 Å². The molecule has 0 aromatic heterocycles. The van der Waals surface area contributed by atoms with Crippen molar-refractivity contribution in [2.24, 2.45) is 0 Å². The SMILES string of the molecule is CC(=O)OCC1OC(C)C2OC(C)(C)OC12. The van der Waals surface area contributed by atoms with Crippen molar-refractivity contribution >= 4 is 5.97 Å². The van der Waals surface area contributed by atoms with Gasteiger partial charge in [-0.15, -0.1) is 0 Å². The third-order valence-corrected chi connectivity index (χ3v) is 2.83. The quantitative estimate of drug-likeness (QED) is 0.658. The summed E-state index contributed by atoms with van der Waals surface area (Å²) in [6.45, 7) is 7.30. The first-order valence-corrected chi connectivity index (χ1v) is 5.53. The van der Waals surface area contributed by atoms with Gasteiger partial charge in [-0.3, -0.25) is 4.79 Å². The van der Waals surface area contributed by atoms with E-state index >= 15 is 0 Å². The Labute approximate surface area is 95.0 Å². The van der Waals surface area contributed by atoms with Crippen molar-refractivity contribution in [3.8, 4) is 0 Å². The lowest BCUT2D eigenvalue weighted by Crippen LogP contribution is -2.33. The molecule has 2 aliphatic rings.